The summed E-state index contributed by atoms with van der Waals surface area (Å²) in [4.78, 5) is 32.2. The van der Waals surface area contributed by atoms with Crippen molar-refractivity contribution < 1.29 is 23.7 Å². The summed E-state index contributed by atoms with van der Waals surface area (Å²) in [5.74, 6) is 1.14. The monoisotopic (exact) mass is 676 g/mol. The SMILES string of the molecule is C=CCOc1c(Br)cc(/C=c2\sc3n(c2=O)[C@@H](c2ccc(OC)cc2OC)C(C(=O)OCC)=C(C)N=3)cc1Br. The van der Waals surface area contributed by atoms with Crippen molar-refractivity contribution in [1.82, 2.24) is 4.57 Å². The van der Waals surface area contributed by atoms with Crippen LogP contribution in [0, 0.1) is 0 Å². The van der Waals surface area contributed by atoms with Crippen LogP contribution in [-0.2, 0) is 9.53 Å². The van der Waals surface area contributed by atoms with Crippen molar-refractivity contribution in [1.29, 1.82) is 0 Å². The molecule has 0 spiro atoms. The number of carbonyl (C=O) groups is 1. The van der Waals surface area contributed by atoms with Crippen LogP contribution in [0.1, 0.15) is 31.0 Å². The zero-order valence-corrected chi connectivity index (χ0v) is 25.7. The van der Waals surface area contributed by atoms with E-state index in [9.17, 15) is 9.59 Å². The molecular formula is C28H26Br2N2O6S. The van der Waals surface area contributed by atoms with Crippen molar-refractivity contribution in [3.63, 3.8) is 0 Å². The van der Waals surface area contributed by atoms with Gasteiger partial charge in [-0.25, -0.2) is 9.79 Å². The molecule has 1 aromatic heterocycles. The molecule has 0 bridgehead atoms. The van der Waals surface area contributed by atoms with Crippen molar-refractivity contribution in [3.05, 3.63) is 94.0 Å². The molecule has 0 saturated carbocycles. The van der Waals surface area contributed by atoms with Gasteiger partial charge in [-0.15, -0.1) is 0 Å². The maximum absolute atomic E-state index is 13.9. The Morgan fingerprint density at radius 1 is 1.18 bits per heavy atom. The highest BCUT2D eigenvalue weighted by Gasteiger charge is 2.35. The van der Waals surface area contributed by atoms with Gasteiger partial charge in [0.05, 0.1) is 45.6 Å². The third kappa shape index (κ3) is 5.75. The number of esters is 1. The fourth-order valence-corrected chi connectivity index (χ4v) is 6.72. The standard InChI is InChI=1S/C28H26Br2N2O6S/c1-6-10-38-25-19(29)11-16(12-20(25)30)13-22-26(33)32-24(18-9-8-17(35-4)14-21(18)36-5)23(27(34)37-7-2)15(3)31-28(32)39-22/h6,8-9,11-14,24H,1,7,10H2,2-5H3/b22-13-/t24-/m0/s1. The van der Waals surface area contributed by atoms with E-state index >= 15 is 0 Å². The molecule has 39 heavy (non-hydrogen) atoms. The van der Waals surface area contributed by atoms with Crippen LogP contribution in [0.25, 0.3) is 6.08 Å². The Labute approximate surface area is 246 Å². The molecule has 0 unspecified atom stereocenters. The van der Waals surface area contributed by atoms with Gasteiger partial charge in [0.1, 0.15) is 29.9 Å². The lowest BCUT2D eigenvalue weighted by atomic mass is 9.95. The van der Waals surface area contributed by atoms with Crippen LogP contribution in [0.15, 0.2) is 73.0 Å². The lowest BCUT2D eigenvalue weighted by Crippen LogP contribution is -2.40. The molecular weight excluding hydrogens is 652 g/mol. The molecule has 11 heteroatoms. The Balaban J connectivity index is 1.94. The Morgan fingerprint density at radius 2 is 1.90 bits per heavy atom. The number of halogens is 2. The van der Waals surface area contributed by atoms with Crippen molar-refractivity contribution in [2.24, 2.45) is 4.99 Å². The molecule has 4 rings (SSSR count). The fraction of sp³-hybridized carbons (Fsp3) is 0.250. The molecule has 0 amide bonds. The first-order valence-corrected chi connectivity index (χ1v) is 14.3. The first-order chi connectivity index (χ1) is 18.7. The van der Waals surface area contributed by atoms with E-state index in [4.69, 9.17) is 18.9 Å². The number of ether oxygens (including phenoxy) is 4. The Morgan fingerprint density at radius 3 is 2.51 bits per heavy atom. The second-order valence-electron chi connectivity index (χ2n) is 8.32. The predicted octanol–water partition coefficient (Wildman–Crippen LogP) is 4.91. The van der Waals surface area contributed by atoms with Crippen LogP contribution < -0.4 is 29.1 Å². The Bertz CT molecular complexity index is 1630. The zero-order valence-electron chi connectivity index (χ0n) is 21.7. The molecule has 0 saturated heterocycles. The first-order valence-electron chi connectivity index (χ1n) is 11.9. The second kappa shape index (κ2) is 12.4. The van der Waals surface area contributed by atoms with Gasteiger partial charge in [-0.1, -0.05) is 24.0 Å². The van der Waals surface area contributed by atoms with E-state index in [1.807, 2.05) is 12.1 Å². The van der Waals surface area contributed by atoms with E-state index < -0.39 is 12.0 Å². The van der Waals surface area contributed by atoms with Crippen molar-refractivity contribution in [2.45, 2.75) is 19.9 Å². The molecule has 2 heterocycles. The highest BCUT2D eigenvalue weighted by molar-refractivity contribution is 9.11. The Hall–Kier alpha value is -3.15. The van der Waals surface area contributed by atoms with Crippen LogP contribution in [0.3, 0.4) is 0 Å². The third-order valence-corrected chi connectivity index (χ3v) is 8.08. The lowest BCUT2D eigenvalue weighted by Gasteiger charge is -2.26. The molecule has 1 aliphatic rings. The first kappa shape index (κ1) is 28.8. The normalized spacial score (nSPS) is 14.9. The van der Waals surface area contributed by atoms with Gasteiger partial charge in [0, 0.05) is 11.6 Å². The quantitative estimate of drug-likeness (QED) is 0.237. The number of methoxy groups -OCH3 is 2. The van der Waals surface area contributed by atoms with Crippen molar-refractivity contribution in [3.8, 4) is 17.2 Å². The fourth-order valence-electron chi connectivity index (χ4n) is 4.22. The topological polar surface area (TPSA) is 88.3 Å². The van der Waals surface area contributed by atoms with Gasteiger partial charge in [-0.05, 0) is 81.6 Å². The van der Waals surface area contributed by atoms with Crippen LogP contribution in [0.5, 0.6) is 17.2 Å². The summed E-state index contributed by atoms with van der Waals surface area (Å²) >= 11 is 8.32. The van der Waals surface area contributed by atoms with Crippen LogP contribution in [-0.4, -0.2) is 38.0 Å². The smallest absolute Gasteiger partial charge is 0.338 e. The van der Waals surface area contributed by atoms with E-state index in [1.54, 1.807) is 51.3 Å². The maximum atomic E-state index is 13.9. The Kier molecular flexibility index (Phi) is 9.14. The van der Waals surface area contributed by atoms with Gasteiger partial charge in [-0.3, -0.25) is 9.36 Å². The van der Waals surface area contributed by atoms with E-state index in [0.717, 1.165) is 14.5 Å². The molecule has 2 aromatic carbocycles. The van der Waals surface area contributed by atoms with Crippen LogP contribution in [0.4, 0.5) is 0 Å². The number of allylic oxidation sites excluding steroid dienone is 1. The molecule has 0 aliphatic carbocycles. The van der Waals surface area contributed by atoms with E-state index in [0.29, 0.717) is 44.4 Å². The molecule has 0 N–H and O–H groups in total. The molecule has 204 valence electrons. The third-order valence-electron chi connectivity index (χ3n) is 5.92. The highest BCUT2D eigenvalue weighted by atomic mass is 79.9. The van der Waals surface area contributed by atoms with Gasteiger partial charge in [-0.2, -0.15) is 0 Å². The maximum Gasteiger partial charge on any atom is 0.338 e. The summed E-state index contributed by atoms with van der Waals surface area (Å²) in [5.41, 5.74) is 1.82. The molecule has 1 aliphatic heterocycles. The minimum atomic E-state index is -0.809. The average molecular weight is 678 g/mol. The highest BCUT2D eigenvalue weighted by Crippen LogP contribution is 2.38. The number of benzene rings is 2. The number of fused-ring (bicyclic) bond motifs is 1. The summed E-state index contributed by atoms with van der Waals surface area (Å²) in [5, 5.41) is 0. The van der Waals surface area contributed by atoms with Gasteiger partial charge < -0.3 is 18.9 Å². The largest absolute Gasteiger partial charge is 0.497 e. The number of hydrogen-bond acceptors (Lipinski definition) is 8. The summed E-state index contributed by atoms with van der Waals surface area (Å²) in [7, 11) is 3.08. The predicted molar refractivity (Wildman–Crippen MR) is 157 cm³/mol. The van der Waals surface area contributed by atoms with E-state index in [-0.39, 0.29) is 17.7 Å². The second-order valence-corrected chi connectivity index (χ2v) is 11.0. The summed E-state index contributed by atoms with van der Waals surface area (Å²) in [6.45, 7) is 7.68. The molecule has 1 atom stereocenters. The summed E-state index contributed by atoms with van der Waals surface area (Å²) < 4.78 is 25.5. The number of aromatic nitrogens is 1. The van der Waals surface area contributed by atoms with Crippen molar-refractivity contribution >= 4 is 55.2 Å². The van der Waals surface area contributed by atoms with Crippen LogP contribution in [0.2, 0.25) is 0 Å². The molecule has 3 aromatic rings. The molecule has 8 nitrogen and oxygen atoms in total. The van der Waals surface area contributed by atoms with Crippen molar-refractivity contribution in [2.75, 3.05) is 27.4 Å². The van der Waals surface area contributed by atoms with Gasteiger partial charge >= 0.3 is 5.97 Å². The number of thiazole rings is 1. The average Bonchev–Trinajstić information content (AvgIpc) is 3.21. The van der Waals surface area contributed by atoms with E-state index in [1.165, 1.54) is 23.0 Å². The van der Waals surface area contributed by atoms with Crippen LogP contribution >= 0.6 is 43.2 Å². The number of rotatable bonds is 9. The molecule has 0 fully saturated rings. The number of hydrogen-bond donors (Lipinski definition) is 0. The number of carbonyl (C=O) groups excluding carboxylic acids is 1. The summed E-state index contributed by atoms with van der Waals surface area (Å²) in [6, 6.07) is 8.18. The molecule has 0 radical (unpaired) electrons. The van der Waals surface area contributed by atoms with Gasteiger partial charge in [0.2, 0.25) is 0 Å². The summed E-state index contributed by atoms with van der Waals surface area (Å²) in [6.07, 6.45) is 3.44. The van der Waals surface area contributed by atoms with Gasteiger partial charge in [0.15, 0.2) is 4.80 Å². The lowest BCUT2D eigenvalue weighted by molar-refractivity contribution is -0.139. The number of nitrogens with zero attached hydrogens (tertiary/aromatic N) is 2. The minimum absolute atomic E-state index is 0.183. The zero-order chi connectivity index (χ0) is 28.3. The minimum Gasteiger partial charge on any atom is -0.497 e. The van der Waals surface area contributed by atoms with Gasteiger partial charge in [0.25, 0.3) is 5.56 Å². The van der Waals surface area contributed by atoms with E-state index in [2.05, 4.69) is 43.4 Å².